The molecule has 2 aromatic rings. The van der Waals surface area contributed by atoms with Crippen molar-refractivity contribution in [3.63, 3.8) is 0 Å². The molecule has 1 amide bonds. The van der Waals surface area contributed by atoms with Gasteiger partial charge >= 0.3 is 0 Å². The summed E-state index contributed by atoms with van der Waals surface area (Å²) >= 11 is 5.83. The third kappa shape index (κ3) is 6.45. The van der Waals surface area contributed by atoms with Gasteiger partial charge in [-0.3, -0.25) is 4.79 Å². The Bertz CT molecular complexity index is 713. The van der Waals surface area contributed by atoms with Gasteiger partial charge in [0.25, 0.3) is 0 Å². The van der Waals surface area contributed by atoms with Crippen LogP contribution < -0.4 is 15.0 Å². The molecule has 5 nitrogen and oxygen atoms in total. The lowest BCUT2D eigenvalue weighted by Gasteiger charge is -2.28. The minimum atomic E-state index is 0.0342. The van der Waals surface area contributed by atoms with Gasteiger partial charge in [0.15, 0.2) is 0 Å². The Morgan fingerprint density at radius 2 is 1.78 bits per heavy atom. The molecule has 0 saturated carbocycles. The van der Waals surface area contributed by atoms with E-state index in [2.05, 4.69) is 34.5 Å². The van der Waals surface area contributed by atoms with Crippen LogP contribution in [0, 0.1) is 0 Å². The third-order valence-corrected chi connectivity index (χ3v) is 4.68. The van der Waals surface area contributed by atoms with Crippen molar-refractivity contribution in [1.29, 1.82) is 0 Å². The molecule has 1 aliphatic rings. The van der Waals surface area contributed by atoms with Gasteiger partial charge in [-0.15, -0.1) is 0 Å². The molecule has 1 N–H and O–H groups in total. The predicted molar refractivity (Wildman–Crippen MR) is 108 cm³/mol. The number of hydrogen-bond acceptors (Lipinski definition) is 4. The number of hydrogen-bond donors (Lipinski definition) is 1. The Balaban J connectivity index is 1.33. The normalized spacial score (nSPS) is 14.0. The highest BCUT2D eigenvalue weighted by Gasteiger charge is 2.10. The van der Waals surface area contributed by atoms with E-state index in [-0.39, 0.29) is 5.91 Å². The number of ether oxygens (including phenoxy) is 2. The number of carbonyl (C=O) groups is 1. The van der Waals surface area contributed by atoms with Crippen LogP contribution in [0.1, 0.15) is 18.4 Å². The molecule has 0 aromatic heterocycles. The monoisotopic (exact) mass is 388 g/mol. The fraction of sp³-hybridized carbons (Fsp3) is 0.381. The first-order valence-corrected chi connectivity index (χ1v) is 9.65. The lowest BCUT2D eigenvalue weighted by Crippen LogP contribution is -2.36. The van der Waals surface area contributed by atoms with Crippen LogP contribution in [0.25, 0.3) is 0 Å². The molecule has 2 aromatic carbocycles. The number of nitrogens with one attached hydrogen (secondary N) is 1. The second-order valence-electron chi connectivity index (χ2n) is 6.45. The van der Waals surface area contributed by atoms with Gasteiger partial charge in [0.1, 0.15) is 5.75 Å². The minimum absolute atomic E-state index is 0.0342. The highest BCUT2D eigenvalue weighted by atomic mass is 35.5. The van der Waals surface area contributed by atoms with E-state index in [1.165, 1.54) is 5.69 Å². The number of nitrogens with zero attached hydrogens (tertiary/aromatic N) is 1. The summed E-state index contributed by atoms with van der Waals surface area (Å²) in [6.07, 6.45) is 1.11. The third-order valence-electron chi connectivity index (χ3n) is 4.43. The molecule has 1 heterocycles. The van der Waals surface area contributed by atoms with Gasteiger partial charge in [-0.1, -0.05) is 23.7 Å². The van der Waals surface area contributed by atoms with Crippen LogP contribution in [0.4, 0.5) is 5.69 Å². The van der Waals surface area contributed by atoms with Crippen molar-refractivity contribution in [3.05, 3.63) is 59.1 Å². The van der Waals surface area contributed by atoms with E-state index in [4.69, 9.17) is 21.1 Å². The lowest BCUT2D eigenvalue weighted by atomic mass is 10.2. The van der Waals surface area contributed by atoms with Gasteiger partial charge in [-0.05, 0) is 48.4 Å². The fourth-order valence-corrected chi connectivity index (χ4v) is 3.01. The molecule has 144 valence electrons. The van der Waals surface area contributed by atoms with Gasteiger partial charge in [0.05, 0.1) is 19.8 Å². The summed E-state index contributed by atoms with van der Waals surface area (Å²) in [5, 5.41) is 3.64. The zero-order valence-electron chi connectivity index (χ0n) is 15.3. The van der Waals surface area contributed by atoms with Crippen LogP contribution in [0.15, 0.2) is 48.5 Å². The Labute approximate surface area is 165 Å². The Hall–Kier alpha value is -2.24. The van der Waals surface area contributed by atoms with Gasteiger partial charge in [-0.25, -0.2) is 0 Å². The number of benzene rings is 2. The summed E-state index contributed by atoms with van der Waals surface area (Å²) in [7, 11) is 0. The number of halogens is 1. The summed E-state index contributed by atoms with van der Waals surface area (Å²) in [5.41, 5.74) is 2.30. The minimum Gasteiger partial charge on any atom is -0.494 e. The molecule has 1 saturated heterocycles. The molecule has 0 unspecified atom stereocenters. The van der Waals surface area contributed by atoms with E-state index in [0.717, 1.165) is 37.6 Å². The Kier molecular flexibility index (Phi) is 7.36. The summed E-state index contributed by atoms with van der Waals surface area (Å²) in [6.45, 7) is 4.45. The van der Waals surface area contributed by atoms with Crippen LogP contribution >= 0.6 is 11.6 Å². The van der Waals surface area contributed by atoms with Gasteiger partial charge in [0.2, 0.25) is 5.91 Å². The van der Waals surface area contributed by atoms with Crippen LogP contribution in [-0.2, 0) is 16.1 Å². The molecule has 3 rings (SSSR count). The summed E-state index contributed by atoms with van der Waals surface area (Å²) < 4.78 is 11.0. The highest BCUT2D eigenvalue weighted by molar-refractivity contribution is 6.30. The van der Waals surface area contributed by atoms with Gasteiger partial charge < -0.3 is 19.7 Å². The highest BCUT2D eigenvalue weighted by Crippen LogP contribution is 2.17. The van der Waals surface area contributed by atoms with Crippen LogP contribution in [0.5, 0.6) is 5.75 Å². The van der Waals surface area contributed by atoms with Crippen molar-refractivity contribution in [1.82, 2.24) is 5.32 Å². The van der Waals surface area contributed by atoms with E-state index in [0.29, 0.717) is 31.0 Å². The first-order valence-electron chi connectivity index (χ1n) is 9.27. The maximum absolute atomic E-state index is 12.0. The van der Waals surface area contributed by atoms with E-state index in [1.807, 2.05) is 12.1 Å². The average Bonchev–Trinajstić information content (AvgIpc) is 2.72. The Morgan fingerprint density at radius 1 is 1.07 bits per heavy atom. The Morgan fingerprint density at radius 3 is 2.48 bits per heavy atom. The smallest absolute Gasteiger partial charge is 0.220 e. The van der Waals surface area contributed by atoms with Crippen LogP contribution in [-0.4, -0.2) is 38.8 Å². The maximum atomic E-state index is 12.0. The number of carbonyl (C=O) groups excluding carboxylic acids is 1. The second kappa shape index (κ2) is 10.2. The van der Waals surface area contributed by atoms with Gasteiger partial charge in [0, 0.05) is 36.8 Å². The topological polar surface area (TPSA) is 50.8 Å². The molecule has 0 aliphatic carbocycles. The molecule has 0 bridgehead atoms. The number of anilines is 1. The van der Waals surface area contributed by atoms with Crippen molar-refractivity contribution in [2.45, 2.75) is 19.4 Å². The predicted octanol–water partition coefficient (Wildman–Crippen LogP) is 3.65. The van der Waals surface area contributed by atoms with E-state index >= 15 is 0 Å². The van der Waals surface area contributed by atoms with Crippen molar-refractivity contribution in [3.8, 4) is 5.75 Å². The van der Waals surface area contributed by atoms with Crippen molar-refractivity contribution in [2.75, 3.05) is 37.8 Å². The van der Waals surface area contributed by atoms with Crippen LogP contribution in [0.3, 0.4) is 0 Å². The summed E-state index contributed by atoms with van der Waals surface area (Å²) in [4.78, 5) is 14.3. The van der Waals surface area contributed by atoms with Crippen molar-refractivity contribution in [2.24, 2.45) is 0 Å². The van der Waals surface area contributed by atoms with E-state index in [1.54, 1.807) is 12.1 Å². The number of rotatable bonds is 8. The SMILES string of the molecule is O=C(CCCOc1ccc(Cl)cc1)NCc1ccc(N2CCOCC2)cc1. The lowest BCUT2D eigenvalue weighted by molar-refractivity contribution is -0.121. The summed E-state index contributed by atoms with van der Waals surface area (Å²) in [6, 6.07) is 15.6. The standard InChI is InChI=1S/C21H25ClN2O3/c22-18-5-9-20(10-6-18)27-13-1-2-21(25)23-16-17-3-7-19(8-4-17)24-11-14-26-15-12-24/h3-10H,1-2,11-16H2,(H,23,25). The molecule has 0 atom stereocenters. The quantitative estimate of drug-likeness (QED) is 0.701. The first-order chi connectivity index (χ1) is 13.2. The number of morpholine rings is 1. The zero-order chi connectivity index (χ0) is 18.9. The zero-order valence-corrected chi connectivity index (χ0v) is 16.1. The van der Waals surface area contributed by atoms with Gasteiger partial charge in [-0.2, -0.15) is 0 Å². The van der Waals surface area contributed by atoms with Crippen molar-refractivity contribution >= 4 is 23.2 Å². The first kappa shape index (κ1) is 19.5. The second-order valence-corrected chi connectivity index (χ2v) is 6.88. The molecular formula is C21H25ClN2O3. The molecule has 1 aliphatic heterocycles. The largest absolute Gasteiger partial charge is 0.494 e. The molecule has 1 fully saturated rings. The molecule has 0 spiro atoms. The number of amides is 1. The van der Waals surface area contributed by atoms with Crippen LogP contribution in [0.2, 0.25) is 5.02 Å². The molecule has 6 heteroatoms. The van der Waals surface area contributed by atoms with E-state index in [9.17, 15) is 4.79 Å². The molecular weight excluding hydrogens is 364 g/mol. The maximum Gasteiger partial charge on any atom is 0.220 e. The molecule has 0 radical (unpaired) electrons. The van der Waals surface area contributed by atoms with E-state index < -0.39 is 0 Å². The fourth-order valence-electron chi connectivity index (χ4n) is 2.89. The molecule has 27 heavy (non-hydrogen) atoms. The summed E-state index contributed by atoms with van der Waals surface area (Å²) in [5.74, 6) is 0.798. The average molecular weight is 389 g/mol. The van der Waals surface area contributed by atoms with Crippen molar-refractivity contribution < 1.29 is 14.3 Å².